The van der Waals surface area contributed by atoms with E-state index >= 15 is 0 Å². The van der Waals surface area contributed by atoms with Gasteiger partial charge in [0.15, 0.2) is 0 Å². The van der Waals surface area contributed by atoms with Crippen LogP contribution in [0.15, 0.2) is 5.51 Å². The average molecular weight is 358 g/mol. The molecule has 0 spiro atoms. The number of methoxy groups -OCH3 is 1. The lowest BCUT2D eigenvalue weighted by molar-refractivity contribution is 0.0955. The van der Waals surface area contributed by atoms with Gasteiger partial charge in [-0.3, -0.25) is 4.79 Å². The summed E-state index contributed by atoms with van der Waals surface area (Å²) in [4.78, 5) is 17.1. The monoisotopic (exact) mass is 357 g/mol. The molecule has 0 aliphatic rings. The van der Waals surface area contributed by atoms with Gasteiger partial charge in [0.1, 0.15) is 4.88 Å². The SMILES string of the molecule is COCCNCCNC(=O)c1scnc1C(C)(C)C.Cl.Cl. The number of thiazole rings is 1. The van der Waals surface area contributed by atoms with Gasteiger partial charge in [-0.1, -0.05) is 20.8 Å². The number of carbonyl (C=O) groups excluding carboxylic acids is 1. The molecule has 0 saturated heterocycles. The molecule has 1 amide bonds. The molecular weight excluding hydrogens is 333 g/mol. The van der Waals surface area contributed by atoms with Gasteiger partial charge in [0, 0.05) is 32.2 Å². The molecule has 0 fully saturated rings. The average Bonchev–Trinajstić information content (AvgIpc) is 2.82. The Kier molecular flexibility index (Phi) is 12.2. The second-order valence-corrected chi connectivity index (χ2v) is 6.13. The number of hydrogen-bond donors (Lipinski definition) is 2. The van der Waals surface area contributed by atoms with Crippen LogP contribution in [0.3, 0.4) is 0 Å². The molecule has 8 heteroatoms. The van der Waals surface area contributed by atoms with E-state index in [-0.39, 0.29) is 36.1 Å². The van der Waals surface area contributed by atoms with E-state index in [2.05, 4.69) is 36.4 Å². The first-order valence-electron chi connectivity index (χ1n) is 6.38. The molecular formula is C13H25Cl2N3O2S. The second-order valence-electron chi connectivity index (χ2n) is 5.28. The Bertz CT molecular complexity index is 408. The van der Waals surface area contributed by atoms with Crippen molar-refractivity contribution in [1.82, 2.24) is 15.6 Å². The fraction of sp³-hybridized carbons (Fsp3) is 0.692. The fourth-order valence-electron chi connectivity index (χ4n) is 1.59. The zero-order chi connectivity index (χ0) is 14.3. The van der Waals surface area contributed by atoms with Crippen LogP contribution in [0.4, 0.5) is 0 Å². The maximum absolute atomic E-state index is 12.1. The summed E-state index contributed by atoms with van der Waals surface area (Å²) in [5.41, 5.74) is 2.48. The summed E-state index contributed by atoms with van der Waals surface area (Å²) in [7, 11) is 1.67. The summed E-state index contributed by atoms with van der Waals surface area (Å²) in [6.07, 6.45) is 0. The van der Waals surface area contributed by atoms with Crippen molar-refractivity contribution < 1.29 is 9.53 Å². The molecule has 0 bridgehead atoms. The minimum atomic E-state index is -0.108. The van der Waals surface area contributed by atoms with E-state index in [1.807, 2.05) is 0 Å². The van der Waals surface area contributed by atoms with Gasteiger partial charge >= 0.3 is 0 Å². The van der Waals surface area contributed by atoms with Crippen molar-refractivity contribution in [2.24, 2.45) is 0 Å². The molecule has 0 aliphatic heterocycles. The number of amides is 1. The lowest BCUT2D eigenvalue weighted by atomic mass is 9.91. The molecule has 1 heterocycles. The van der Waals surface area contributed by atoms with Crippen LogP contribution in [0.1, 0.15) is 36.1 Å². The first-order chi connectivity index (χ1) is 8.96. The molecule has 0 aromatic carbocycles. The third kappa shape index (κ3) is 7.97. The summed E-state index contributed by atoms with van der Waals surface area (Å²) in [6, 6.07) is 0. The molecule has 1 aromatic heterocycles. The van der Waals surface area contributed by atoms with E-state index in [4.69, 9.17) is 4.74 Å². The van der Waals surface area contributed by atoms with Gasteiger partial charge in [0.05, 0.1) is 17.8 Å². The Labute approximate surface area is 143 Å². The van der Waals surface area contributed by atoms with Crippen LogP contribution in [0, 0.1) is 0 Å². The van der Waals surface area contributed by atoms with Crippen molar-refractivity contribution in [2.45, 2.75) is 26.2 Å². The molecule has 0 radical (unpaired) electrons. The van der Waals surface area contributed by atoms with Gasteiger partial charge in [-0.05, 0) is 0 Å². The summed E-state index contributed by atoms with van der Waals surface area (Å²) >= 11 is 1.39. The topological polar surface area (TPSA) is 63.2 Å². The lowest BCUT2D eigenvalue weighted by Crippen LogP contribution is -2.33. The van der Waals surface area contributed by atoms with E-state index in [1.54, 1.807) is 12.6 Å². The van der Waals surface area contributed by atoms with Crippen molar-refractivity contribution in [3.63, 3.8) is 0 Å². The summed E-state index contributed by atoms with van der Waals surface area (Å²) in [5, 5.41) is 6.08. The second kappa shape index (κ2) is 11.2. The normalized spacial score (nSPS) is 10.5. The van der Waals surface area contributed by atoms with Gasteiger partial charge in [-0.25, -0.2) is 4.98 Å². The third-order valence-electron chi connectivity index (χ3n) is 2.55. The first-order valence-corrected chi connectivity index (χ1v) is 7.26. The van der Waals surface area contributed by atoms with Crippen molar-refractivity contribution in [3.05, 3.63) is 16.1 Å². The van der Waals surface area contributed by atoms with E-state index in [0.717, 1.165) is 18.8 Å². The standard InChI is InChI=1S/C13H23N3O2S.2ClH/c1-13(2,3)11-10(19-9-16-11)12(17)15-6-5-14-7-8-18-4;;/h9,14H,5-8H2,1-4H3,(H,15,17);2*1H. The molecule has 0 unspecified atom stereocenters. The van der Waals surface area contributed by atoms with Crippen molar-refractivity contribution in [2.75, 3.05) is 33.4 Å². The minimum Gasteiger partial charge on any atom is -0.383 e. The van der Waals surface area contributed by atoms with Crippen LogP contribution in [-0.2, 0) is 10.2 Å². The number of hydrogen-bond acceptors (Lipinski definition) is 5. The third-order valence-corrected chi connectivity index (χ3v) is 3.38. The van der Waals surface area contributed by atoms with E-state index < -0.39 is 0 Å². The Hall–Kier alpha value is -0.400. The molecule has 0 atom stereocenters. The highest BCUT2D eigenvalue weighted by molar-refractivity contribution is 7.11. The Morgan fingerprint density at radius 2 is 1.95 bits per heavy atom. The van der Waals surface area contributed by atoms with Gasteiger partial charge < -0.3 is 15.4 Å². The Morgan fingerprint density at radius 3 is 2.52 bits per heavy atom. The maximum atomic E-state index is 12.1. The molecule has 0 saturated carbocycles. The zero-order valence-electron chi connectivity index (χ0n) is 12.9. The van der Waals surface area contributed by atoms with Crippen LogP contribution >= 0.6 is 36.2 Å². The molecule has 0 aliphatic carbocycles. The summed E-state index contributed by atoms with van der Waals surface area (Å²) in [5.74, 6) is -0.0408. The molecule has 124 valence electrons. The number of aromatic nitrogens is 1. The van der Waals surface area contributed by atoms with Gasteiger partial charge in [-0.15, -0.1) is 36.2 Å². The Balaban J connectivity index is 0. The van der Waals surface area contributed by atoms with Crippen LogP contribution in [0.5, 0.6) is 0 Å². The highest BCUT2D eigenvalue weighted by Gasteiger charge is 2.24. The molecule has 5 nitrogen and oxygen atoms in total. The number of nitrogens with one attached hydrogen (secondary N) is 2. The first kappa shape index (κ1) is 22.9. The van der Waals surface area contributed by atoms with E-state index in [0.29, 0.717) is 18.0 Å². The van der Waals surface area contributed by atoms with Gasteiger partial charge in [0.2, 0.25) is 0 Å². The number of ether oxygens (including phenoxy) is 1. The number of rotatable bonds is 7. The minimum absolute atomic E-state index is 0. The van der Waals surface area contributed by atoms with E-state index in [1.165, 1.54) is 11.3 Å². The molecule has 1 aromatic rings. The van der Waals surface area contributed by atoms with Crippen molar-refractivity contribution >= 4 is 42.1 Å². The van der Waals surface area contributed by atoms with Gasteiger partial charge in [0.25, 0.3) is 5.91 Å². The number of halogens is 2. The van der Waals surface area contributed by atoms with Crippen LogP contribution in [0.2, 0.25) is 0 Å². The highest BCUT2D eigenvalue weighted by Crippen LogP contribution is 2.26. The van der Waals surface area contributed by atoms with Crippen LogP contribution < -0.4 is 10.6 Å². The summed E-state index contributed by atoms with van der Waals surface area (Å²) in [6.45, 7) is 8.99. The number of carbonyl (C=O) groups is 1. The molecule has 1 rings (SSSR count). The molecule has 21 heavy (non-hydrogen) atoms. The van der Waals surface area contributed by atoms with Crippen molar-refractivity contribution in [1.29, 1.82) is 0 Å². The van der Waals surface area contributed by atoms with Crippen LogP contribution in [-0.4, -0.2) is 44.2 Å². The smallest absolute Gasteiger partial charge is 0.263 e. The van der Waals surface area contributed by atoms with Crippen molar-refractivity contribution in [3.8, 4) is 0 Å². The zero-order valence-corrected chi connectivity index (χ0v) is 15.3. The highest BCUT2D eigenvalue weighted by atomic mass is 35.5. The maximum Gasteiger partial charge on any atom is 0.263 e. The number of nitrogens with zero attached hydrogens (tertiary/aromatic N) is 1. The lowest BCUT2D eigenvalue weighted by Gasteiger charge is -2.17. The predicted molar refractivity (Wildman–Crippen MR) is 92.4 cm³/mol. The largest absolute Gasteiger partial charge is 0.383 e. The van der Waals surface area contributed by atoms with Gasteiger partial charge in [-0.2, -0.15) is 0 Å². The summed E-state index contributed by atoms with van der Waals surface area (Å²) < 4.78 is 4.93. The van der Waals surface area contributed by atoms with E-state index in [9.17, 15) is 4.79 Å². The predicted octanol–water partition coefficient (Wildman–Crippen LogP) is 2.25. The Morgan fingerprint density at radius 1 is 1.29 bits per heavy atom. The quantitative estimate of drug-likeness (QED) is 0.734. The fourth-order valence-corrected chi connectivity index (χ4v) is 2.50. The molecule has 2 N–H and O–H groups in total. The van der Waals surface area contributed by atoms with Crippen LogP contribution in [0.25, 0.3) is 0 Å².